The van der Waals surface area contributed by atoms with E-state index >= 15 is 0 Å². The van der Waals surface area contributed by atoms with Gasteiger partial charge in [-0.3, -0.25) is 4.79 Å². The maximum Gasteiger partial charge on any atom is 0.282 e. The molecule has 38 heavy (non-hydrogen) atoms. The van der Waals surface area contributed by atoms with Crippen LogP contribution in [-0.2, 0) is 0 Å². The van der Waals surface area contributed by atoms with Crippen molar-refractivity contribution in [2.45, 2.75) is 47.5 Å². The molecule has 0 aliphatic carbocycles. The number of ether oxygens (including phenoxy) is 3. The van der Waals surface area contributed by atoms with Gasteiger partial charge in [-0.05, 0) is 86.7 Å². The van der Waals surface area contributed by atoms with Crippen molar-refractivity contribution in [3.05, 3.63) is 81.1 Å². The van der Waals surface area contributed by atoms with Crippen molar-refractivity contribution in [3.8, 4) is 28.6 Å². The van der Waals surface area contributed by atoms with Gasteiger partial charge in [-0.1, -0.05) is 26.0 Å². The van der Waals surface area contributed by atoms with Crippen molar-refractivity contribution in [3.63, 3.8) is 0 Å². The fourth-order valence-corrected chi connectivity index (χ4v) is 4.45. The molecule has 0 aliphatic heterocycles. The summed E-state index contributed by atoms with van der Waals surface area (Å²) in [7, 11) is 1.67. The molecule has 0 atom stereocenters. The van der Waals surface area contributed by atoms with E-state index in [4.69, 9.17) is 19.2 Å². The lowest BCUT2D eigenvalue weighted by Gasteiger charge is -2.17. The second kappa shape index (κ2) is 11.5. The summed E-state index contributed by atoms with van der Waals surface area (Å²) in [6, 6.07) is 15.2. The number of rotatable bonds is 9. The summed E-state index contributed by atoms with van der Waals surface area (Å²) < 4.78 is 18.6. The predicted octanol–water partition coefficient (Wildman–Crippen LogP) is 6.49. The van der Waals surface area contributed by atoms with Crippen molar-refractivity contribution in [2.75, 3.05) is 20.3 Å². The molecule has 7 nitrogen and oxygen atoms in total. The molecule has 0 aliphatic rings. The van der Waals surface area contributed by atoms with Gasteiger partial charge in [0.15, 0.2) is 17.3 Å². The lowest BCUT2D eigenvalue weighted by molar-refractivity contribution is 0.287. The van der Waals surface area contributed by atoms with E-state index in [-0.39, 0.29) is 11.5 Å². The number of fused-ring (bicyclic) bond motifs is 1. The first kappa shape index (κ1) is 26.9. The molecule has 0 fully saturated rings. The van der Waals surface area contributed by atoms with Crippen LogP contribution in [0.1, 0.15) is 55.9 Å². The lowest BCUT2D eigenvalue weighted by Crippen LogP contribution is -2.21. The quantitative estimate of drug-likeness (QED) is 0.239. The minimum absolute atomic E-state index is 0.219. The minimum Gasteiger partial charge on any atom is -0.496 e. The number of para-hydroxylation sites is 1. The van der Waals surface area contributed by atoms with Gasteiger partial charge >= 0.3 is 0 Å². The molecule has 1 aromatic heterocycles. The first-order chi connectivity index (χ1) is 18.3. The van der Waals surface area contributed by atoms with Crippen molar-refractivity contribution in [2.24, 2.45) is 5.10 Å². The maximum atomic E-state index is 13.7. The molecule has 4 rings (SSSR count). The molecule has 1 heterocycles. The topological polar surface area (TPSA) is 74.9 Å². The van der Waals surface area contributed by atoms with E-state index in [9.17, 15) is 4.79 Å². The highest BCUT2D eigenvalue weighted by Gasteiger charge is 2.18. The van der Waals surface area contributed by atoms with Gasteiger partial charge in [0.05, 0.1) is 37.4 Å². The third kappa shape index (κ3) is 5.28. The highest BCUT2D eigenvalue weighted by Crippen LogP contribution is 2.34. The molecular formula is C31H35N3O4. The molecule has 3 aromatic carbocycles. The van der Waals surface area contributed by atoms with Crippen LogP contribution in [0.2, 0.25) is 0 Å². The Balaban J connectivity index is 1.95. The molecule has 0 saturated heterocycles. The summed E-state index contributed by atoms with van der Waals surface area (Å²) >= 11 is 0. The van der Waals surface area contributed by atoms with Crippen LogP contribution in [0.25, 0.3) is 22.3 Å². The van der Waals surface area contributed by atoms with Crippen LogP contribution in [0.4, 0.5) is 0 Å². The Kier molecular flexibility index (Phi) is 8.15. The Bertz CT molecular complexity index is 1550. The van der Waals surface area contributed by atoms with Crippen LogP contribution >= 0.6 is 0 Å². The van der Waals surface area contributed by atoms with E-state index in [1.807, 2.05) is 64.1 Å². The smallest absolute Gasteiger partial charge is 0.282 e. The van der Waals surface area contributed by atoms with Crippen molar-refractivity contribution >= 4 is 17.1 Å². The number of methoxy groups -OCH3 is 1. The number of nitrogens with zero attached hydrogens (tertiary/aromatic N) is 3. The third-order valence-corrected chi connectivity index (χ3v) is 6.44. The maximum absolute atomic E-state index is 13.7. The molecule has 7 heteroatoms. The molecule has 0 saturated carbocycles. The Labute approximate surface area is 223 Å². The monoisotopic (exact) mass is 513 g/mol. The Morgan fingerprint density at radius 2 is 1.61 bits per heavy atom. The predicted molar refractivity (Wildman–Crippen MR) is 153 cm³/mol. The zero-order valence-corrected chi connectivity index (χ0v) is 23.2. The van der Waals surface area contributed by atoms with Crippen LogP contribution < -0.4 is 19.8 Å². The lowest BCUT2D eigenvalue weighted by atomic mass is 9.96. The van der Waals surface area contributed by atoms with Gasteiger partial charge in [-0.2, -0.15) is 9.78 Å². The molecule has 0 radical (unpaired) electrons. The van der Waals surface area contributed by atoms with Gasteiger partial charge < -0.3 is 14.2 Å². The molecule has 0 amide bonds. The highest BCUT2D eigenvalue weighted by atomic mass is 16.5. The summed E-state index contributed by atoms with van der Waals surface area (Å²) in [6.45, 7) is 13.1. The summed E-state index contributed by atoms with van der Waals surface area (Å²) in [5, 5.41) is 5.19. The van der Waals surface area contributed by atoms with Crippen LogP contribution in [0.5, 0.6) is 17.2 Å². The normalized spacial score (nSPS) is 11.5. The van der Waals surface area contributed by atoms with Crippen molar-refractivity contribution in [1.82, 2.24) is 9.66 Å². The fraction of sp³-hybridized carbons (Fsp3) is 0.323. The van der Waals surface area contributed by atoms with E-state index in [1.165, 1.54) is 4.68 Å². The number of benzene rings is 3. The largest absolute Gasteiger partial charge is 0.496 e. The average Bonchev–Trinajstić information content (AvgIpc) is 2.90. The van der Waals surface area contributed by atoms with Crippen LogP contribution in [0, 0.1) is 13.8 Å². The number of hydrogen-bond donors (Lipinski definition) is 0. The number of aryl methyl sites for hydroxylation is 2. The molecule has 0 unspecified atom stereocenters. The second-order valence-electron chi connectivity index (χ2n) is 9.40. The minimum atomic E-state index is -0.239. The van der Waals surface area contributed by atoms with E-state index in [2.05, 4.69) is 25.0 Å². The average molecular weight is 514 g/mol. The van der Waals surface area contributed by atoms with E-state index < -0.39 is 0 Å². The van der Waals surface area contributed by atoms with Gasteiger partial charge in [-0.25, -0.2) is 4.98 Å². The van der Waals surface area contributed by atoms with E-state index in [0.717, 1.165) is 33.6 Å². The first-order valence-electron chi connectivity index (χ1n) is 12.9. The van der Waals surface area contributed by atoms with Gasteiger partial charge in [0.25, 0.3) is 5.56 Å². The summed E-state index contributed by atoms with van der Waals surface area (Å²) in [5.74, 6) is 2.83. The fourth-order valence-electron chi connectivity index (χ4n) is 4.45. The Morgan fingerprint density at radius 1 is 0.947 bits per heavy atom. The summed E-state index contributed by atoms with van der Waals surface area (Å²) in [5.41, 5.74) is 4.95. The van der Waals surface area contributed by atoms with Crippen LogP contribution in [-0.4, -0.2) is 36.2 Å². The van der Waals surface area contributed by atoms with Crippen LogP contribution in [0.15, 0.2) is 58.4 Å². The second-order valence-corrected chi connectivity index (χ2v) is 9.40. The SMILES string of the molecule is CCOc1cc(C)c(C=Nn2c(-c3cc(C(C)C)c(OC)cc3C)nc3ccccc3c2=O)cc1OCC. The molecule has 0 N–H and O–H groups in total. The molecule has 4 aromatic rings. The third-order valence-electron chi connectivity index (χ3n) is 6.44. The van der Waals surface area contributed by atoms with Gasteiger partial charge in [0.1, 0.15) is 5.75 Å². The van der Waals surface area contributed by atoms with E-state index in [0.29, 0.717) is 41.4 Å². The van der Waals surface area contributed by atoms with E-state index in [1.54, 1.807) is 19.4 Å². The standard InChI is InChI=1S/C31H35N3O4/c1-8-37-28-14-20(5)22(16-29(28)38-9-2)18-32-34-30(33-26-13-11-10-12-23(26)31(34)35)25-17-24(19(3)4)27(36-7)15-21(25)6/h10-19H,8-9H2,1-7H3. The van der Waals surface area contributed by atoms with Crippen LogP contribution in [0.3, 0.4) is 0 Å². The first-order valence-corrected chi connectivity index (χ1v) is 12.9. The highest BCUT2D eigenvalue weighted by molar-refractivity contribution is 5.84. The van der Waals surface area contributed by atoms with Gasteiger partial charge in [0, 0.05) is 11.1 Å². The zero-order valence-electron chi connectivity index (χ0n) is 23.2. The molecule has 198 valence electrons. The van der Waals surface area contributed by atoms with Crippen molar-refractivity contribution in [1.29, 1.82) is 0 Å². The van der Waals surface area contributed by atoms with Gasteiger partial charge in [0.2, 0.25) is 0 Å². The number of aromatic nitrogens is 2. The molecule has 0 bridgehead atoms. The van der Waals surface area contributed by atoms with Gasteiger partial charge in [-0.15, -0.1) is 0 Å². The molecular weight excluding hydrogens is 478 g/mol. The van der Waals surface area contributed by atoms with Crippen molar-refractivity contribution < 1.29 is 14.2 Å². The Morgan fingerprint density at radius 3 is 2.26 bits per heavy atom. The summed E-state index contributed by atoms with van der Waals surface area (Å²) in [6.07, 6.45) is 1.68. The Hall–Kier alpha value is -4.13. The number of hydrogen-bond acceptors (Lipinski definition) is 6. The zero-order chi connectivity index (χ0) is 27.4. The molecule has 0 spiro atoms. The summed E-state index contributed by atoms with van der Waals surface area (Å²) in [4.78, 5) is 18.6.